The van der Waals surface area contributed by atoms with Gasteiger partial charge in [0.05, 0.1) is 6.10 Å². The summed E-state index contributed by atoms with van der Waals surface area (Å²) in [6, 6.07) is 0. The third kappa shape index (κ3) is 11.8. The predicted octanol–water partition coefficient (Wildman–Crippen LogP) is 3.22. The number of nitrogens with one attached hydrogen (secondary N) is 1. The molecule has 0 aromatic heterocycles. The summed E-state index contributed by atoms with van der Waals surface area (Å²) >= 11 is 0. The first kappa shape index (κ1) is 14.9. The van der Waals surface area contributed by atoms with Gasteiger partial charge in [0.25, 0.3) is 0 Å². The molecule has 0 heterocycles. The van der Waals surface area contributed by atoms with Gasteiger partial charge in [0.1, 0.15) is 0 Å². The van der Waals surface area contributed by atoms with Crippen molar-refractivity contribution in [2.45, 2.75) is 59.5 Å². The van der Waals surface area contributed by atoms with Crippen molar-refractivity contribution in [1.29, 1.82) is 0 Å². The molecule has 0 aromatic rings. The number of hydrogen-bond donors (Lipinski definition) is 1. The van der Waals surface area contributed by atoms with Crippen molar-refractivity contribution >= 4 is 0 Å². The maximum Gasteiger partial charge on any atom is 0.0671 e. The standard InChI is InChI=1S/C13H29NO/c1-5-6-7-8-9-15-13(4)11-14-10-12(2)3/h12-14H,5-11H2,1-4H3. The van der Waals surface area contributed by atoms with Gasteiger partial charge in [0.2, 0.25) is 0 Å². The van der Waals surface area contributed by atoms with E-state index in [1.807, 2.05) is 0 Å². The fourth-order valence-corrected chi connectivity index (χ4v) is 1.45. The molecule has 0 rings (SSSR count). The first-order valence-corrected chi connectivity index (χ1v) is 6.49. The lowest BCUT2D eigenvalue weighted by Crippen LogP contribution is -2.29. The summed E-state index contributed by atoms with van der Waals surface area (Å²) in [6.07, 6.45) is 5.50. The maximum atomic E-state index is 5.71. The van der Waals surface area contributed by atoms with E-state index in [-0.39, 0.29) is 0 Å². The molecule has 2 nitrogen and oxygen atoms in total. The van der Waals surface area contributed by atoms with Gasteiger partial charge in [-0.2, -0.15) is 0 Å². The van der Waals surface area contributed by atoms with Crippen LogP contribution in [0.15, 0.2) is 0 Å². The largest absolute Gasteiger partial charge is 0.377 e. The second kappa shape index (κ2) is 10.4. The van der Waals surface area contributed by atoms with E-state index in [0.717, 1.165) is 25.6 Å². The first-order valence-electron chi connectivity index (χ1n) is 6.49. The second-order valence-corrected chi connectivity index (χ2v) is 4.79. The summed E-state index contributed by atoms with van der Waals surface area (Å²) in [5.41, 5.74) is 0. The molecule has 15 heavy (non-hydrogen) atoms. The van der Waals surface area contributed by atoms with Crippen LogP contribution in [0.3, 0.4) is 0 Å². The molecule has 0 aliphatic carbocycles. The highest BCUT2D eigenvalue weighted by atomic mass is 16.5. The maximum absolute atomic E-state index is 5.71. The number of rotatable bonds is 10. The number of unbranched alkanes of at least 4 members (excludes halogenated alkanes) is 3. The molecule has 0 bridgehead atoms. The number of hydrogen-bond acceptors (Lipinski definition) is 2. The van der Waals surface area contributed by atoms with Crippen LogP contribution in [0.4, 0.5) is 0 Å². The van der Waals surface area contributed by atoms with E-state index in [1.165, 1.54) is 25.7 Å². The first-order chi connectivity index (χ1) is 7.16. The molecule has 92 valence electrons. The Hall–Kier alpha value is -0.0800. The van der Waals surface area contributed by atoms with Crippen LogP contribution in [0.25, 0.3) is 0 Å². The Morgan fingerprint density at radius 3 is 2.33 bits per heavy atom. The lowest BCUT2D eigenvalue weighted by Gasteiger charge is -2.14. The minimum atomic E-state index is 0.352. The fraction of sp³-hybridized carbons (Fsp3) is 1.00. The normalized spacial score (nSPS) is 13.4. The highest BCUT2D eigenvalue weighted by Crippen LogP contribution is 2.00. The summed E-state index contributed by atoms with van der Waals surface area (Å²) in [4.78, 5) is 0. The Balaban J connectivity index is 3.15. The van der Waals surface area contributed by atoms with Gasteiger partial charge >= 0.3 is 0 Å². The topological polar surface area (TPSA) is 21.3 Å². The Labute approximate surface area is 95.8 Å². The third-order valence-electron chi connectivity index (χ3n) is 2.38. The average Bonchev–Trinajstić information content (AvgIpc) is 2.17. The average molecular weight is 215 g/mol. The van der Waals surface area contributed by atoms with Gasteiger partial charge in [-0.15, -0.1) is 0 Å². The van der Waals surface area contributed by atoms with Crippen molar-refractivity contribution in [1.82, 2.24) is 5.32 Å². The molecule has 0 aromatic carbocycles. The van der Waals surface area contributed by atoms with Crippen LogP contribution in [0.1, 0.15) is 53.4 Å². The van der Waals surface area contributed by atoms with E-state index in [1.54, 1.807) is 0 Å². The lowest BCUT2D eigenvalue weighted by atomic mass is 10.2. The molecule has 1 unspecified atom stereocenters. The van der Waals surface area contributed by atoms with Crippen LogP contribution >= 0.6 is 0 Å². The zero-order valence-corrected chi connectivity index (χ0v) is 11.0. The summed E-state index contributed by atoms with van der Waals surface area (Å²) in [5, 5.41) is 3.41. The van der Waals surface area contributed by atoms with Gasteiger partial charge in [0.15, 0.2) is 0 Å². The predicted molar refractivity (Wildman–Crippen MR) is 67.3 cm³/mol. The lowest BCUT2D eigenvalue weighted by molar-refractivity contribution is 0.0627. The van der Waals surface area contributed by atoms with Crippen molar-refractivity contribution in [3.8, 4) is 0 Å². The van der Waals surface area contributed by atoms with Crippen LogP contribution in [0.2, 0.25) is 0 Å². The minimum Gasteiger partial charge on any atom is -0.377 e. The minimum absolute atomic E-state index is 0.352. The van der Waals surface area contributed by atoms with Gasteiger partial charge in [-0.3, -0.25) is 0 Å². The summed E-state index contributed by atoms with van der Waals surface area (Å²) in [5.74, 6) is 0.724. The molecule has 2 heteroatoms. The van der Waals surface area contributed by atoms with E-state index in [2.05, 4.69) is 33.0 Å². The van der Waals surface area contributed by atoms with Crippen molar-refractivity contribution in [2.75, 3.05) is 19.7 Å². The highest BCUT2D eigenvalue weighted by molar-refractivity contribution is 4.57. The summed E-state index contributed by atoms with van der Waals surface area (Å²) < 4.78 is 5.71. The Morgan fingerprint density at radius 2 is 1.73 bits per heavy atom. The second-order valence-electron chi connectivity index (χ2n) is 4.79. The molecule has 0 spiro atoms. The van der Waals surface area contributed by atoms with Crippen LogP contribution < -0.4 is 5.32 Å². The molecule has 1 N–H and O–H groups in total. The van der Waals surface area contributed by atoms with E-state index in [9.17, 15) is 0 Å². The van der Waals surface area contributed by atoms with E-state index in [4.69, 9.17) is 4.74 Å². The van der Waals surface area contributed by atoms with Crippen LogP contribution in [-0.4, -0.2) is 25.8 Å². The van der Waals surface area contributed by atoms with E-state index < -0.39 is 0 Å². The number of ether oxygens (including phenoxy) is 1. The van der Waals surface area contributed by atoms with Gasteiger partial charge < -0.3 is 10.1 Å². The Morgan fingerprint density at radius 1 is 1.00 bits per heavy atom. The molecule has 1 atom stereocenters. The SMILES string of the molecule is CCCCCCOC(C)CNCC(C)C. The molecule has 0 aliphatic heterocycles. The van der Waals surface area contributed by atoms with Gasteiger partial charge in [-0.05, 0) is 25.8 Å². The molecule has 0 saturated carbocycles. The van der Waals surface area contributed by atoms with Crippen LogP contribution in [0.5, 0.6) is 0 Å². The molecule has 0 fully saturated rings. The van der Waals surface area contributed by atoms with Crippen molar-refractivity contribution in [2.24, 2.45) is 5.92 Å². The molecule has 0 aliphatic rings. The van der Waals surface area contributed by atoms with Crippen LogP contribution in [-0.2, 0) is 4.74 Å². The van der Waals surface area contributed by atoms with E-state index in [0.29, 0.717) is 6.10 Å². The Bertz CT molecular complexity index is 126. The molecule has 0 amide bonds. The zero-order valence-electron chi connectivity index (χ0n) is 11.0. The monoisotopic (exact) mass is 215 g/mol. The molecule has 0 radical (unpaired) electrons. The van der Waals surface area contributed by atoms with Gasteiger partial charge in [0, 0.05) is 13.2 Å². The smallest absolute Gasteiger partial charge is 0.0671 e. The van der Waals surface area contributed by atoms with Crippen molar-refractivity contribution < 1.29 is 4.74 Å². The Kier molecular flexibility index (Phi) is 10.4. The van der Waals surface area contributed by atoms with Crippen molar-refractivity contribution in [3.05, 3.63) is 0 Å². The van der Waals surface area contributed by atoms with Gasteiger partial charge in [-0.25, -0.2) is 0 Å². The van der Waals surface area contributed by atoms with Crippen molar-refractivity contribution in [3.63, 3.8) is 0 Å². The van der Waals surface area contributed by atoms with Gasteiger partial charge in [-0.1, -0.05) is 40.0 Å². The highest BCUT2D eigenvalue weighted by Gasteiger charge is 2.01. The molecule has 0 saturated heterocycles. The summed E-state index contributed by atoms with van der Waals surface area (Å²) in [6.45, 7) is 11.8. The quantitative estimate of drug-likeness (QED) is 0.565. The van der Waals surface area contributed by atoms with E-state index >= 15 is 0 Å². The molecular weight excluding hydrogens is 186 g/mol. The fourth-order valence-electron chi connectivity index (χ4n) is 1.45. The summed E-state index contributed by atoms with van der Waals surface area (Å²) in [7, 11) is 0. The van der Waals surface area contributed by atoms with Crippen LogP contribution in [0, 0.1) is 5.92 Å². The molecular formula is C13H29NO. The third-order valence-corrected chi connectivity index (χ3v) is 2.38. The zero-order chi connectivity index (χ0) is 11.5.